The number of rotatable bonds is 8. The molecule has 1 N–H and O–H groups in total. The van der Waals surface area contributed by atoms with E-state index in [9.17, 15) is 14.7 Å². The quantitative estimate of drug-likeness (QED) is 0.241. The molecule has 10 heteroatoms. The molecule has 0 aromatic carbocycles. The fraction of sp³-hybridized carbons (Fsp3) is 0.886. The van der Waals surface area contributed by atoms with Gasteiger partial charge in [-0.3, -0.25) is 14.5 Å². The summed E-state index contributed by atoms with van der Waals surface area (Å²) in [4.78, 5) is 34.7. The summed E-state index contributed by atoms with van der Waals surface area (Å²) in [6.07, 6.45) is 2.84. The van der Waals surface area contributed by atoms with Crippen molar-refractivity contribution in [3.63, 3.8) is 0 Å². The molecule has 1 aliphatic carbocycles. The van der Waals surface area contributed by atoms with Crippen LogP contribution in [0.1, 0.15) is 73.6 Å². The summed E-state index contributed by atoms with van der Waals surface area (Å²) in [6, 6.07) is 0.384. The molecule has 2 aliphatic heterocycles. The van der Waals surface area contributed by atoms with Crippen LogP contribution in [0.5, 0.6) is 0 Å². The number of carbonyl (C=O) groups is 2. The average molecular weight is 638 g/mol. The molecule has 45 heavy (non-hydrogen) atoms. The maximum atomic E-state index is 14.4. The van der Waals surface area contributed by atoms with Gasteiger partial charge in [-0.2, -0.15) is 0 Å². The number of aliphatic hydroxyl groups is 1. The number of likely N-dealkylation sites (N-methyl/N-ethyl adjacent to an activating group) is 2. The van der Waals surface area contributed by atoms with Gasteiger partial charge in [0.1, 0.15) is 24.2 Å². The number of hydrogen-bond acceptors (Lipinski definition) is 10. The van der Waals surface area contributed by atoms with Crippen molar-refractivity contribution in [2.45, 2.75) is 121 Å². The number of Topliss-reactive ketones (excluding diaryl/α,β-unsaturated/α-hetero) is 1. The van der Waals surface area contributed by atoms with E-state index in [0.717, 1.165) is 25.8 Å². The molecule has 0 radical (unpaired) electrons. The highest BCUT2D eigenvalue weighted by Gasteiger charge is 2.53. The van der Waals surface area contributed by atoms with E-state index in [1.54, 1.807) is 27.0 Å². The van der Waals surface area contributed by atoms with Gasteiger partial charge in [-0.15, -0.1) is 6.58 Å². The van der Waals surface area contributed by atoms with Gasteiger partial charge < -0.3 is 33.9 Å². The van der Waals surface area contributed by atoms with Gasteiger partial charge in [0.05, 0.1) is 23.2 Å². The minimum atomic E-state index is -1.48. The molecule has 0 aromatic heterocycles. The van der Waals surface area contributed by atoms with E-state index < -0.39 is 46.9 Å². The van der Waals surface area contributed by atoms with E-state index in [0.29, 0.717) is 24.8 Å². The van der Waals surface area contributed by atoms with Crippen LogP contribution in [-0.4, -0.2) is 135 Å². The van der Waals surface area contributed by atoms with Crippen molar-refractivity contribution in [3.8, 4) is 0 Å². The first-order valence-electron chi connectivity index (χ1n) is 16.7. The van der Waals surface area contributed by atoms with Crippen molar-refractivity contribution >= 4 is 11.8 Å². The Hall–Kier alpha value is -1.40. The Morgan fingerprint density at radius 3 is 2.22 bits per heavy atom. The van der Waals surface area contributed by atoms with E-state index in [2.05, 4.69) is 51.4 Å². The molecule has 0 bridgehead atoms. The Kier molecular flexibility index (Phi) is 12.5. The smallest absolute Gasteiger partial charge is 0.319 e. The van der Waals surface area contributed by atoms with Crippen LogP contribution in [0.2, 0.25) is 0 Å². The van der Waals surface area contributed by atoms with Crippen molar-refractivity contribution in [1.29, 1.82) is 0 Å². The summed E-state index contributed by atoms with van der Waals surface area (Å²) >= 11 is 0. The number of cyclic esters (lactones) is 1. The van der Waals surface area contributed by atoms with Gasteiger partial charge in [-0.05, 0) is 114 Å². The molecule has 10 nitrogen and oxygen atoms in total. The van der Waals surface area contributed by atoms with Crippen molar-refractivity contribution < 1.29 is 33.6 Å². The fourth-order valence-corrected chi connectivity index (χ4v) is 7.69. The van der Waals surface area contributed by atoms with E-state index in [1.807, 2.05) is 32.8 Å². The van der Waals surface area contributed by atoms with Crippen molar-refractivity contribution in [3.05, 3.63) is 12.7 Å². The molecule has 2 saturated heterocycles. The SMILES string of the molecule is C=C[C@H]1C(=O)C(C)(C)C(=O)OC[C@@](C)(CC2CC(N(C)C)C2)N(C)C[C@H](C)C[C@@](C)(OC)[C@@H]1O[C@@H]1O[C@H](C)C[C@H](N(C)C)[C@H]1O. The number of esters is 1. The molecule has 9 atom stereocenters. The molecule has 1 saturated carbocycles. The van der Waals surface area contributed by atoms with Crippen molar-refractivity contribution in [1.82, 2.24) is 14.7 Å². The maximum Gasteiger partial charge on any atom is 0.319 e. The second kappa shape index (κ2) is 14.8. The number of methoxy groups -OCH3 is 1. The summed E-state index contributed by atoms with van der Waals surface area (Å²) in [5, 5.41) is 11.4. The molecule has 0 unspecified atom stereocenters. The van der Waals surface area contributed by atoms with E-state index in [1.165, 1.54) is 0 Å². The monoisotopic (exact) mass is 637 g/mol. The zero-order valence-electron chi connectivity index (χ0n) is 30.2. The molecule has 3 fully saturated rings. The van der Waals surface area contributed by atoms with E-state index >= 15 is 0 Å². The normalized spacial score (nSPS) is 42.3. The number of ketones is 1. The lowest BCUT2D eigenvalue weighted by molar-refractivity contribution is -0.294. The van der Waals surface area contributed by atoms with Gasteiger partial charge in [0.25, 0.3) is 0 Å². The summed E-state index contributed by atoms with van der Waals surface area (Å²) < 4.78 is 25.1. The zero-order valence-corrected chi connectivity index (χ0v) is 30.2. The summed E-state index contributed by atoms with van der Waals surface area (Å²) in [7, 11) is 11.8. The molecule has 0 aromatic rings. The van der Waals surface area contributed by atoms with Crippen LogP contribution in [0.15, 0.2) is 12.7 Å². The van der Waals surface area contributed by atoms with Crippen LogP contribution in [-0.2, 0) is 28.5 Å². The first-order valence-corrected chi connectivity index (χ1v) is 16.7. The summed E-state index contributed by atoms with van der Waals surface area (Å²) in [6.45, 7) is 16.4. The predicted octanol–water partition coefficient (Wildman–Crippen LogP) is 3.60. The Bertz CT molecular complexity index is 1030. The zero-order chi connectivity index (χ0) is 34.1. The lowest BCUT2D eigenvalue weighted by Crippen LogP contribution is -2.59. The van der Waals surface area contributed by atoms with E-state index in [-0.39, 0.29) is 30.5 Å². The fourth-order valence-electron chi connectivity index (χ4n) is 7.69. The lowest BCUT2D eigenvalue weighted by atomic mass is 9.72. The third kappa shape index (κ3) is 8.37. The standard InChI is InChI=1S/C35H63N3O7/c1-14-26-29(40)33(4,5)32(41)43-21-34(6,19-24-16-25(17-24)36(8)9)38(12)20-22(2)18-35(7,42-13)30(26)45-31-28(39)27(37(10)11)15-23(3)44-31/h14,22-28,30-31,39H,1,15-21H2,2-13H3/t22-,23-,24?,25?,26+,27+,28-,30-,31+,34-,35-/m1/s1. The second-order valence-electron chi connectivity index (χ2n) is 15.8. The van der Waals surface area contributed by atoms with Crippen LogP contribution in [0, 0.1) is 23.2 Å². The highest BCUT2D eigenvalue weighted by molar-refractivity contribution is 6.05. The van der Waals surface area contributed by atoms with Gasteiger partial charge in [0, 0.05) is 25.7 Å². The average Bonchev–Trinajstić information content (AvgIpc) is 2.93. The maximum absolute atomic E-state index is 14.4. The Balaban J connectivity index is 2.01. The van der Waals surface area contributed by atoms with Crippen LogP contribution in [0.4, 0.5) is 0 Å². The number of aliphatic hydroxyl groups excluding tert-OH is 1. The van der Waals surface area contributed by atoms with Crippen LogP contribution < -0.4 is 0 Å². The van der Waals surface area contributed by atoms with Gasteiger partial charge >= 0.3 is 5.97 Å². The highest BCUT2D eigenvalue weighted by atomic mass is 16.7. The number of hydrogen-bond donors (Lipinski definition) is 1. The summed E-state index contributed by atoms with van der Waals surface area (Å²) in [5.74, 6) is -1.21. The molecule has 2 heterocycles. The molecule has 0 spiro atoms. The molecule has 260 valence electrons. The molecular weight excluding hydrogens is 574 g/mol. The molecular formula is C35H63N3O7. The van der Waals surface area contributed by atoms with Crippen LogP contribution in [0.3, 0.4) is 0 Å². The first-order chi connectivity index (χ1) is 20.8. The predicted molar refractivity (Wildman–Crippen MR) is 176 cm³/mol. The van der Waals surface area contributed by atoms with Gasteiger partial charge in [0.15, 0.2) is 12.1 Å². The molecule has 0 amide bonds. The second-order valence-corrected chi connectivity index (χ2v) is 15.8. The third-order valence-corrected chi connectivity index (χ3v) is 11.1. The molecule has 3 rings (SSSR count). The van der Waals surface area contributed by atoms with Crippen molar-refractivity contribution in [2.24, 2.45) is 23.2 Å². The largest absolute Gasteiger partial charge is 0.463 e. The van der Waals surface area contributed by atoms with Crippen molar-refractivity contribution in [2.75, 3.05) is 55.5 Å². The first kappa shape index (κ1) is 38.1. The lowest BCUT2D eigenvalue weighted by Gasteiger charge is -2.48. The van der Waals surface area contributed by atoms with Gasteiger partial charge in [0.2, 0.25) is 0 Å². The van der Waals surface area contributed by atoms with Gasteiger partial charge in [-0.25, -0.2) is 0 Å². The minimum Gasteiger partial charge on any atom is -0.463 e. The topological polar surface area (TPSA) is 101 Å². The van der Waals surface area contributed by atoms with E-state index in [4.69, 9.17) is 18.9 Å². The van der Waals surface area contributed by atoms with Crippen LogP contribution >= 0.6 is 0 Å². The number of carbonyl (C=O) groups excluding carboxylic acids is 2. The third-order valence-electron chi connectivity index (χ3n) is 11.1. The van der Waals surface area contributed by atoms with Crippen LogP contribution in [0.25, 0.3) is 0 Å². The number of nitrogens with zero attached hydrogens (tertiary/aromatic N) is 3. The Morgan fingerprint density at radius 2 is 1.69 bits per heavy atom. The Labute approximate surface area is 272 Å². The molecule has 3 aliphatic rings. The number of ether oxygens (including phenoxy) is 4. The highest BCUT2D eigenvalue weighted by Crippen LogP contribution is 2.41. The minimum absolute atomic E-state index is 0.122. The van der Waals surface area contributed by atoms with Gasteiger partial charge in [-0.1, -0.05) is 13.0 Å². The summed E-state index contributed by atoms with van der Waals surface area (Å²) in [5.41, 5.74) is -2.87. The Morgan fingerprint density at radius 1 is 1.07 bits per heavy atom.